The van der Waals surface area contributed by atoms with E-state index in [0.29, 0.717) is 19.5 Å². The number of hydrogen-bond donors (Lipinski definition) is 1. The van der Waals surface area contributed by atoms with E-state index in [9.17, 15) is 4.79 Å². The summed E-state index contributed by atoms with van der Waals surface area (Å²) in [5.41, 5.74) is 1.01. The van der Waals surface area contributed by atoms with Crippen molar-refractivity contribution in [2.45, 2.75) is 13.3 Å². The smallest absolute Gasteiger partial charge is 0.227 e. The molecule has 0 bridgehead atoms. The third-order valence-electron chi connectivity index (χ3n) is 3.27. The molecule has 0 aliphatic carbocycles. The Hall–Kier alpha value is -1.87. The van der Waals surface area contributed by atoms with Gasteiger partial charge >= 0.3 is 0 Å². The molecule has 0 saturated carbocycles. The van der Waals surface area contributed by atoms with Gasteiger partial charge in [-0.15, -0.1) is 0 Å². The molecule has 3 heteroatoms. The molecular formula is C16H19NO2. The zero-order valence-electron chi connectivity index (χ0n) is 11.2. The van der Waals surface area contributed by atoms with Crippen molar-refractivity contribution in [2.75, 3.05) is 19.7 Å². The number of aliphatic hydroxyl groups excluding tert-OH is 1. The van der Waals surface area contributed by atoms with Crippen molar-refractivity contribution in [1.82, 2.24) is 4.90 Å². The van der Waals surface area contributed by atoms with Gasteiger partial charge in [-0.2, -0.15) is 0 Å². The minimum absolute atomic E-state index is 0.0112. The summed E-state index contributed by atoms with van der Waals surface area (Å²) in [4.78, 5) is 13.8. The topological polar surface area (TPSA) is 40.5 Å². The van der Waals surface area contributed by atoms with Crippen molar-refractivity contribution >= 4 is 16.7 Å². The van der Waals surface area contributed by atoms with E-state index in [1.807, 2.05) is 31.2 Å². The minimum atomic E-state index is 0.0112. The quantitative estimate of drug-likeness (QED) is 0.892. The van der Waals surface area contributed by atoms with E-state index in [-0.39, 0.29) is 12.5 Å². The van der Waals surface area contributed by atoms with Gasteiger partial charge in [0.25, 0.3) is 0 Å². The van der Waals surface area contributed by atoms with Crippen molar-refractivity contribution in [3.63, 3.8) is 0 Å². The Balaban J connectivity index is 2.14. The van der Waals surface area contributed by atoms with Crippen LogP contribution in [0.25, 0.3) is 10.8 Å². The Kier molecular flexibility index (Phi) is 4.53. The van der Waals surface area contributed by atoms with Crippen LogP contribution in [0.2, 0.25) is 0 Å². The van der Waals surface area contributed by atoms with Crippen LogP contribution in [-0.4, -0.2) is 35.6 Å². The molecule has 100 valence electrons. The third kappa shape index (κ3) is 3.32. The highest BCUT2D eigenvalue weighted by atomic mass is 16.3. The normalized spacial score (nSPS) is 10.6. The molecule has 0 atom stereocenters. The molecule has 0 fully saturated rings. The summed E-state index contributed by atoms with van der Waals surface area (Å²) in [5.74, 6) is 0.0619. The fourth-order valence-corrected chi connectivity index (χ4v) is 2.22. The number of benzene rings is 2. The van der Waals surface area contributed by atoms with Crippen LogP contribution in [0.15, 0.2) is 42.5 Å². The number of rotatable bonds is 5. The molecule has 1 N–H and O–H groups in total. The van der Waals surface area contributed by atoms with Gasteiger partial charge < -0.3 is 10.0 Å². The average Bonchev–Trinajstić information content (AvgIpc) is 2.44. The molecule has 19 heavy (non-hydrogen) atoms. The number of carbonyl (C=O) groups is 1. The van der Waals surface area contributed by atoms with Gasteiger partial charge in [0.15, 0.2) is 0 Å². The number of aliphatic hydroxyl groups is 1. The van der Waals surface area contributed by atoms with Crippen molar-refractivity contribution < 1.29 is 9.90 Å². The Morgan fingerprint density at radius 3 is 2.58 bits per heavy atom. The zero-order valence-corrected chi connectivity index (χ0v) is 11.2. The highest BCUT2D eigenvalue weighted by Gasteiger charge is 2.11. The number of fused-ring (bicyclic) bond motifs is 1. The number of likely N-dealkylation sites (N-methyl/N-ethyl adjacent to an activating group) is 1. The molecule has 2 aromatic carbocycles. The van der Waals surface area contributed by atoms with Gasteiger partial charge in [0.2, 0.25) is 5.91 Å². The molecule has 0 aliphatic heterocycles. The van der Waals surface area contributed by atoms with Crippen molar-refractivity contribution in [1.29, 1.82) is 0 Å². The molecule has 0 unspecified atom stereocenters. The summed E-state index contributed by atoms with van der Waals surface area (Å²) in [6, 6.07) is 14.2. The molecule has 2 aromatic rings. The van der Waals surface area contributed by atoms with Crippen LogP contribution in [0.4, 0.5) is 0 Å². The molecule has 1 amide bonds. The first kappa shape index (κ1) is 13.6. The SMILES string of the molecule is CCN(CCO)C(=O)Cc1ccc2ccccc2c1. The molecule has 0 spiro atoms. The molecule has 0 radical (unpaired) electrons. The number of hydrogen-bond acceptors (Lipinski definition) is 2. The Labute approximate surface area is 113 Å². The number of amides is 1. The first-order chi connectivity index (χ1) is 9.24. The summed E-state index contributed by atoms with van der Waals surface area (Å²) in [6.07, 6.45) is 0.388. The van der Waals surface area contributed by atoms with Crippen LogP contribution in [-0.2, 0) is 11.2 Å². The van der Waals surface area contributed by atoms with Crippen molar-refractivity contribution in [2.24, 2.45) is 0 Å². The molecule has 0 heterocycles. The van der Waals surface area contributed by atoms with Gasteiger partial charge in [0.05, 0.1) is 13.0 Å². The van der Waals surface area contributed by atoms with Crippen LogP contribution in [0.5, 0.6) is 0 Å². The highest BCUT2D eigenvalue weighted by Crippen LogP contribution is 2.16. The van der Waals surface area contributed by atoms with E-state index in [0.717, 1.165) is 10.9 Å². The van der Waals surface area contributed by atoms with Gasteiger partial charge in [-0.05, 0) is 23.3 Å². The largest absolute Gasteiger partial charge is 0.395 e. The molecule has 2 rings (SSSR count). The van der Waals surface area contributed by atoms with Gasteiger partial charge in [0, 0.05) is 13.1 Å². The van der Waals surface area contributed by atoms with Crippen molar-refractivity contribution in [3.8, 4) is 0 Å². The average molecular weight is 257 g/mol. The Morgan fingerprint density at radius 2 is 1.89 bits per heavy atom. The maximum atomic E-state index is 12.1. The lowest BCUT2D eigenvalue weighted by Crippen LogP contribution is -2.34. The monoisotopic (exact) mass is 257 g/mol. The number of carbonyl (C=O) groups excluding carboxylic acids is 1. The second-order valence-corrected chi connectivity index (χ2v) is 4.56. The fourth-order valence-electron chi connectivity index (χ4n) is 2.22. The zero-order chi connectivity index (χ0) is 13.7. The fraction of sp³-hybridized carbons (Fsp3) is 0.312. The second kappa shape index (κ2) is 6.34. The maximum Gasteiger partial charge on any atom is 0.227 e. The van der Waals surface area contributed by atoms with Gasteiger partial charge in [-0.1, -0.05) is 42.5 Å². The highest BCUT2D eigenvalue weighted by molar-refractivity contribution is 5.85. The summed E-state index contributed by atoms with van der Waals surface area (Å²) in [5, 5.41) is 11.3. The van der Waals surface area contributed by atoms with E-state index >= 15 is 0 Å². The maximum absolute atomic E-state index is 12.1. The van der Waals surface area contributed by atoms with Gasteiger partial charge in [-0.25, -0.2) is 0 Å². The van der Waals surface area contributed by atoms with Gasteiger partial charge in [-0.3, -0.25) is 4.79 Å². The first-order valence-electron chi connectivity index (χ1n) is 6.61. The lowest BCUT2D eigenvalue weighted by molar-refractivity contribution is -0.130. The third-order valence-corrected chi connectivity index (χ3v) is 3.27. The van der Waals surface area contributed by atoms with E-state index in [1.165, 1.54) is 5.39 Å². The molecule has 0 aromatic heterocycles. The summed E-state index contributed by atoms with van der Waals surface area (Å²) >= 11 is 0. The van der Waals surface area contributed by atoms with Crippen LogP contribution >= 0.6 is 0 Å². The molecule has 0 aliphatic rings. The van der Waals surface area contributed by atoms with Crippen molar-refractivity contribution in [3.05, 3.63) is 48.0 Å². The van der Waals surface area contributed by atoms with E-state index in [2.05, 4.69) is 18.2 Å². The predicted molar refractivity (Wildman–Crippen MR) is 77.0 cm³/mol. The molecule has 3 nitrogen and oxygen atoms in total. The van der Waals surface area contributed by atoms with Gasteiger partial charge in [0.1, 0.15) is 0 Å². The lowest BCUT2D eigenvalue weighted by Gasteiger charge is -2.19. The second-order valence-electron chi connectivity index (χ2n) is 4.56. The Morgan fingerprint density at radius 1 is 1.16 bits per heavy atom. The Bertz CT molecular complexity index is 565. The summed E-state index contributed by atoms with van der Waals surface area (Å²) < 4.78 is 0. The molecular weight excluding hydrogens is 238 g/mol. The van der Waals surface area contributed by atoms with Crippen LogP contribution in [0.3, 0.4) is 0 Å². The summed E-state index contributed by atoms with van der Waals surface area (Å²) in [7, 11) is 0. The summed E-state index contributed by atoms with van der Waals surface area (Å²) in [6.45, 7) is 2.97. The molecule has 0 saturated heterocycles. The standard InChI is InChI=1S/C16H19NO2/c1-2-17(9-10-18)16(19)12-13-7-8-14-5-3-4-6-15(14)11-13/h3-8,11,18H,2,9-10,12H2,1H3. The minimum Gasteiger partial charge on any atom is -0.395 e. The van der Waals surface area contributed by atoms with Crippen LogP contribution < -0.4 is 0 Å². The predicted octanol–water partition coefficient (Wildman–Crippen LogP) is 2.22. The van der Waals surface area contributed by atoms with E-state index in [1.54, 1.807) is 4.90 Å². The van der Waals surface area contributed by atoms with Crippen LogP contribution in [0.1, 0.15) is 12.5 Å². The van der Waals surface area contributed by atoms with E-state index < -0.39 is 0 Å². The van der Waals surface area contributed by atoms with Crippen LogP contribution in [0, 0.1) is 0 Å². The van der Waals surface area contributed by atoms with E-state index in [4.69, 9.17) is 5.11 Å². The lowest BCUT2D eigenvalue weighted by atomic mass is 10.0. The number of nitrogens with zero attached hydrogens (tertiary/aromatic N) is 1. The first-order valence-corrected chi connectivity index (χ1v) is 6.61.